The second-order valence-corrected chi connectivity index (χ2v) is 7.81. The van der Waals surface area contributed by atoms with Crippen LogP contribution in [0.3, 0.4) is 0 Å². The molecule has 0 aromatic rings. The zero-order valence-electron chi connectivity index (χ0n) is 14.0. The van der Waals surface area contributed by atoms with Crippen molar-refractivity contribution in [3.8, 4) is 0 Å². The van der Waals surface area contributed by atoms with Crippen molar-refractivity contribution in [1.29, 1.82) is 0 Å². The van der Waals surface area contributed by atoms with Gasteiger partial charge < -0.3 is 0 Å². The summed E-state index contributed by atoms with van der Waals surface area (Å²) in [5.41, 5.74) is 3.37. The molecule has 0 aliphatic heterocycles. The zero-order valence-corrected chi connectivity index (χ0v) is 15.5. The first kappa shape index (κ1) is 18.4. The van der Waals surface area contributed by atoms with Crippen molar-refractivity contribution in [3.63, 3.8) is 0 Å². The van der Waals surface area contributed by atoms with E-state index in [0.717, 1.165) is 23.6 Å². The monoisotopic (exact) mass is 342 g/mol. The highest BCUT2D eigenvalue weighted by Gasteiger charge is 2.22. The molecule has 2 unspecified atom stereocenters. The minimum Gasteiger partial charge on any atom is -0.127 e. The molecule has 2 aliphatic rings. The molecular formula is C20H32Cl2. The Bertz CT molecular complexity index is 334. The quantitative estimate of drug-likeness (QED) is 0.273. The molecule has 0 saturated heterocycles. The van der Waals surface area contributed by atoms with Crippen LogP contribution in [0.25, 0.3) is 0 Å². The Morgan fingerprint density at radius 3 is 1.55 bits per heavy atom. The Balaban J connectivity index is 1.70. The van der Waals surface area contributed by atoms with Gasteiger partial charge >= 0.3 is 0 Å². The number of allylic oxidation sites excluding steroid dienone is 4. The lowest BCUT2D eigenvalue weighted by Gasteiger charge is -2.05. The number of hydrogen-bond donors (Lipinski definition) is 0. The third-order valence-corrected chi connectivity index (χ3v) is 5.81. The van der Waals surface area contributed by atoms with Gasteiger partial charge in [0.05, 0.1) is 0 Å². The molecule has 22 heavy (non-hydrogen) atoms. The minimum atomic E-state index is 0.824. The minimum absolute atomic E-state index is 0.824. The lowest BCUT2D eigenvalue weighted by atomic mass is 10.0. The maximum atomic E-state index is 5.75. The van der Waals surface area contributed by atoms with Crippen LogP contribution in [-0.4, -0.2) is 11.8 Å². The van der Waals surface area contributed by atoms with Crippen molar-refractivity contribution < 1.29 is 0 Å². The van der Waals surface area contributed by atoms with Crippen LogP contribution in [0.4, 0.5) is 0 Å². The Kier molecular flexibility index (Phi) is 9.00. The molecule has 0 N–H and O–H groups in total. The Morgan fingerprint density at radius 2 is 1.14 bits per heavy atom. The summed E-state index contributed by atoms with van der Waals surface area (Å²) in [5.74, 6) is 3.33. The number of rotatable bonds is 11. The number of halogens is 2. The summed E-state index contributed by atoms with van der Waals surface area (Å²) in [4.78, 5) is 0. The van der Waals surface area contributed by atoms with Crippen LogP contribution in [0.2, 0.25) is 0 Å². The van der Waals surface area contributed by atoms with E-state index in [4.69, 9.17) is 23.2 Å². The Hall–Kier alpha value is 0.0600. The largest absolute Gasteiger partial charge is 0.127 e. The predicted molar refractivity (Wildman–Crippen MR) is 100.0 cm³/mol. The van der Waals surface area contributed by atoms with Gasteiger partial charge in [-0.15, -0.1) is 23.2 Å². The van der Waals surface area contributed by atoms with Crippen LogP contribution < -0.4 is 0 Å². The van der Waals surface area contributed by atoms with Gasteiger partial charge in [0.25, 0.3) is 0 Å². The summed E-state index contributed by atoms with van der Waals surface area (Å²) in [6, 6.07) is 0. The van der Waals surface area contributed by atoms with Gasteiger partial charge in [0.1, 0.15) is 0 Å². The fraction of sp³-hybridized carbons (Fsp3) is 0.800. The molecule has 0 fully saturated rings. The number of unbranched alkanes of at least 4 members (excludes halogenated alkanes) is 4. The molecule has 2 aliphatic carbocycles. The predicted octanol–water partition coefficient (Wildman–Crippen LogP) is 7.26. The Labute approximate surface area is 147 Å². The van der Waals surface area contributed by atoms with E-state index in [2.05, 4.69) is 12.2 Å². The molecule has 0 aromatic heterocycles. The van der Waals surface area contributed by atoms with Crippen LogP contribution in [0.5, 0.6) is 0 Å². The second-order valence-electron chi connectivity index (χ2n) is 7.06. The van der Waals surface area contributed by atoms with Crippen LogP contribution in [0.15, 0.2) is 23.3 Å². The van der Waals surface area contributed by atoms with Crippen molar-refractivity contribution >= 4 is 23.2 Å². The summed E-state index contributed by atoms with van der Waals surface area (Å²) < 4.78 is 0. The van der Waals surface area contributed by atoms with E-state index in [1.807, 2.05) is 0 Å². The first-order valence-electron chi connectivity index (χ1n) is 9.37. The maximum Gasteiger partial charge on any atom is 0.0223 e. The molecule has 0 saturated carbocycles. The van der Waals surface area contributed by atoms with Gasteiger partial charge in [0, 0.05) is 11.8 Å². The lowest BCUT2D eigenvalue weighted by Crippen LogP contribution is -1.91. The summed E-state index contributed by atoms with van der Waals surface area (Å²) in [6.45, 7) is 0. The average molecular weight is 343 g/mol. The molecule has 2 rings (SSSR count). The van der Waals surface area contributed by atoms with E-state index in [9.17, 15) is 0 Å². The summed E-state index contributed by atoms with van der Waals surface area (Å²) in [6.07, 6.45) is 21.0. The standard InChI is InChI=1S/C20H32Cl2/c21-13-5-1-3-7-17-9-11-19(15-17)20-12-10-18(16-20)8-4-2-6-14-22/h15-18H,1-14H2. The van der Waals surface area contributed by atoms with Crippen molar-refractivity contribution in [3.05, 3.63) is 23.3 Å². The lowest BCUT2D eigenvalue weighted by molar-refractivity contribution is 0.531. The summed E-state index contributed by atoms with van der Waals surface area (Å²) in [7, 11) is 0. The first-order valence-corrected chi connectivity index (χ1v) is 10.4. The van der Waals surface area contributed by atoms with Gasteiger partial charge in [0.2, 0.25) is 0 Å². The zero-order chi connectivity index (χ0) is 15.6. The van der Waals surface area contributed by atoms with Crippen LogP contribution in [0.1, 0.15) is 77.0 Å². The molecule has 0 heterocycles. The van der Waals surface area contributed by atoms with Gasteiger partial charge in [-0.3, -0.25) is 0 Å². The van der Waals surface area contributed by atoms with Gasteiger partial charge in [0.15, 0.2) is 0 Å². The summed E-state index contributed by atoms with van der Waals surface area (Å²) >= 11 is 11.5. The molecular weight excluding hydrogens is 311 g/mol. The third-order valence-electron chi connectivity index (χ3n) is 5.27. The van der Waals surface area contributed by atoms with Crippen molar-refractivity contribution in [2.45, 2.75) is 77.0 Å². The van der Waals surface area contributed by atoms with Crippen molar-refractivity contribution in [2.24, 2.45) is 11.8 Å². The SMILES string of the molecule is ClCCCCCC1C=C(C2=CC(CCCCCCl)CC2)CC1. The van der Waals surface area contributed by atoms with Gasteiger partial charge in [-0.25, -0.2) is 0 Å². The number of alkyl halides is 2. The van der Waals surface area contributed by atoms with E-state index >= 15 is 0 Å². The molecule has 2 atom stereocenters. The fourth-order valence-corrected chi connectivity index (χ4v) is 4.31. The van der Waals surface area contributed by atoms with Gasteiger partial charge in [-0.1, -0.05) is 37.8 Å². The van der Waals surface area contributed by atoms with E-state index in [1.54, 1.807) is 11.1 Å². The van der Waals surface area contributed by atoms with E-state index in [-0.39, 0.29) is 0 Å². The molecule has 0 spiro atoms. The molecule has 0 nitrogen and oxygen atoms in total. The maximum absolute atomic E-state index is 5.75. The second kappa shape index (κ2) is 10.8. The van der Waals surface area contributed by atoms with Crippen LogP contribution in [0, 0.1) is 11.8 Å². The molecule has 0 amide bonds. The number of hydrogen-bond acceptors (Lipinski definition) is 0. The highest BCUT2D eigenvalue weighted by Crippen LogP contribution is 2.39. The molecule has 0 aromatic carbocycles. The first-order chi connectivity index (χ1) is 10.8. The van der Waals surface area contributed by atoms with Gasteiger partial charge in [-0.05, 0) is 74.3 Å². The highest BCUT2D eigenvalue weighted by atomic mass is 35.5. The average Bonchev–Trinajstić information content (AvgIpc) is 3.17. The normalized spacial score (nSPS) is 24.6. The van der Waals surface area contributed by atoms with Crippen molar-refractivity contribution in [1.82, 2.24) is 0 Å². The smallest absolute Gasteiger partial charge is 0.0223 e. The summed E-state index contributed by atoms with van der Waals surface area (Å²) in [5, 5.41) is 0. The van der Waals surface area contributed by atoms with Gasteiger partial charge in [-0.2, -0.15) is 0 Å². The highest BCUT2D eigenvalue weighted by molar-refractivity contribution is 6.18. The van der Waals surface area contributed by atoms with E-state index in [1.165, 1.54) is 77.0 Å². The third kappa shape index (κ3) is 6.28. The van der Waals surface area contributed by atoms with E-state index < -0.39 is 0 Å². The molecule has 2 heteroatoms. The fourth-order valence-electron chi connectivity index (χ4n) is 3.93. The molecule has 0 bridgehead atoms. The molecule has 0 radical (unpaired) electrons. The van der Waals surface area contributed by atoms with Crippen LogP contribution in [-0.2, 0) is 0 Å². The van der Waals surface area contributed by atoms with E-state index in [0.29, 0.717) is 0 Å². The molecule has 126 valence electrons. The van der Waals surface area contributed by atoms with Crippen LogP contribution >= 0.6 is 23.2 Å². The van der Waals surface area contributed by atoms with Crippen molar-refractivity contribution in [2.75, 3.05) is 11.8 Å². The topological polar surface area (TPSA) is 0 Å². The Morgan fingerprint density at radius 1 is 0.682 bits per heavy atom.